The lowest BCUT2D eigenvalue weighted by atomic mass is 9.49. The Hall–Kier alpha value is -1.25. The van der Waals surface area contributed by atoms with Crippen molar-refractivity contribution in [3.05, 3.63) is 29.8 Å². The zero-order valence-electron chi connectivity index (χ0n) is 7.37. The first kappa shape index (κ1) is 8.85. The van der Waals surface area contributed by atoms with Crippen molar-refractivity contribution in [1.82, 2.24) is 0 Å². The number of carbonyl (C=O) groups excluding carboxylic acids is 1. The minimum absolute atomic E-state index is 0.363. The fraction of sp³-hybridized carbons (Fsp3) is 0.222. The number of rotatable bonds is 2. The third-order valence-electron chi connectivity index (χ3n) is 1.84. The van der Waals surface area contributed by atoms with Gasteiger partial charge in [-0.05, 0) is 6.07 Å². The van der Waals surface area contributed by atoms with Crippen molar-refractivity contribution < 1.29 is 4.79 Å². The molecule has 3 heteroatoms. The van der Waals surface area contributed by atoms with Crippen LogP contribution in [0, 0.1) is 0 Å². The van der Waals surface area contributed by atoms with E-state index in [1.54, 1.807) is 6.07 Å². The first-order valence-corrected chi connectivity index (χ1v) is 4.01. The molecular weight excluding hydrogens is 149 g/mol. The standard InChI is InChI=1S/C9H12BNO/c1-10(2)8-5-3-4-7(6-8)9(11)12/h3-6H,1-2H3,(H2,11,12). The molecule has 2 N–H and O–H groups in total. The molecule has 0 saturated carbocycles. The smallest absolute Gasteiger partial charge is 0.248 e. The number of primary amides is 1. The maximum atomic E-state index is 10.8. The molecule has 1 rings (SSSR count). The summed E-state index contributed by atoms with van der Waals surface area (Å²) in [5.41, 5.74) is 6.87. The first-order chi connectivity index (χ1) is 5.61. The Bertz CT molecular complexity index is 296. The number of carbonyl (C=O) groups is 1. The van der Waals surface area contributed by atoms with Crippen molar-refractivity contribution in [3.8, 4) is 0 Å². The second-order valence-corrected chi connectivity index (χ2v) is 3.14. The van der Waals surface area contributed by atoms with Crippen LogP contribution < -0.4 is 11.2 Å². The number of benzene rings is 1. The second kappa shape index (κ2) is 3.43. The SMILES string of the molecule is CB(C)c1cccc(C(N)=O)c1. The Morgan fingerprint density at radius 2 is 2.08 bits per heavy atom. The van der Waals surface area contributed by atoms with Crippen LogP contribution in [0.1, 0.15) is 10.4 Å². The summed E-state index contributed by atoms with van der Waals surface area (Å²) in [5.74, 6) is -0.363. The summed E-state index contributed by atoms with van der Waals surface area (Å²) in [4.78, 5) is 10.8. The molecule has 0 atom stereocenters. The van der Waals surface area contributed by atoms with Gasteiger partial charge in [-0.15, -0.1) is 0 Å². The molecule has 0 unspecified atom stereocenters. The van der Waals surface area contributed by atoms with Gasteiger partial charge in [0.15, 0.2) is 6.71 Å². The fourth-order valence-corrected chi connectivity index (χ4v) is 1.05. The highest BCUT2D eigenvalue weighted by atomic mass is 16.1. The van der Waals surface area contributed by atoms with Crippen molar-refractivity contribution in [2.45, 2.75) is 13.6 Å². The third-order valence-corrected chi connectivity index (χ3v) is 1.84. The summed E-state index contributed by atoms with van der Waals surface area (Å²) < 4.78 is 0. The number of amides is 1. The number of nitrogens with two attached hydrogens (primary N) is 1. The van der Waals surface area contributed by atoms with Crippen LogP contribution >= 0.6 is 0 Å². The molecular formula is C9H12BNO. The van der Waals surface area contributed by atoms with E-state index in [9.17, 15) is 4.79 Å². The first-order valence-electron chi connectivity index (χ1n) is 4.01. The van der Waals surface area contributed by atoms with Gasteiger partial charge in [0, 0.05) is 5.56 Å². The average molecular weight is 161 g/mol. The van der Waals surface area contributed by atoms with Crippen molar-refractivity contribution in [2.24, 2.45) is 5.73 Å². The molecule has 0 aromatic heterocycles. The van der Waals surface area contributed by atoms with Crippen LogP contribution in [0.2, 0.25) is 13.6 Å². The minimum atomic E-state index is -0.363. The summed E-state index contributed by atoms with van der Waals surface area (Å²) in [6, 6.07) is 7.42. The Balaban J connectivity index is 3.04. The van der Waals surface area contributed by atoms with Crippen LogP contribution in [0.3, 0.4) is 0 Å². The normalized spacial score (nSPS) is 9.50. The summed E-state index contributed by atoms with van der Waals surface area (Å²) >= 11 is 0. The highest BCUT2D eigenvalue weighted by Crippen LogP contribution is 1.96. The Morgan fingerprint density at radius 1 is 1.42 bits per heavy atom. The highest BCUT2D eigenvalue weighted by molar-refractivity contribution is 6.70. The van der Waals surface area contributed by atoms with E-state index >= 15 is 0 Å². The topological polar surface area (TPSA) is 43.1 Å². The van der Waals surface area contributed by atoms with E-state index in [0.29, 0.717) is 12.3 Å². The van der Waals surface area contributed by atoms with Crippen LogP contribution in [-0.2, 0) is 0 Å². The summed E-state index contributed by atoms with van der Waals surface area (Å²) in [5, 5.41) is 0. The van der Waals surface area contributed by atoms with Crippen molar-refractivity contribution in [2.75, 3.05) is 0 Å². The fourth-order valence-electron chi connectivity index (χ4n) is 1.05. The van der Waals surface area contributed by atoms with Gasteiger partial charge in [-0.1, -0.05) is 37.3 Å². The molecule has 1 aromatic carbocycles. The predicted molar refractivity (Wildman–Crippen MR) is 52.1 cm³/mol. The van der Waals surface area contributed by atoms with E-state index in [1.807, 2.05) is 18.2 Å². The lowest BCUT2D eigenvalue weighted by Crippen LogP contribution is -2.24. The van der Waals surface area contributed by atoms with Gasteiger partial charge in [0.25, 0.3) is 0 Å². The summed E-state index contributed by atoms with van der Waals surface area (Å²) in [6.07, 6.45) is 0. The van der Waals surface area contributed by atoms with Crippen LogP contribution in [0.25, 0.3) is 0 Å². The van der Waals surface area contributed by atoms with Gasteiger partial charge in [0.1, 0.15) is 0 Å². The molecule has 0 aliphatic carbocycles. The van der Waals surface area contributed by atoms with E-state index < -0.39 is 0 Å². The van der Waals surface area contributed by atoms with Gasteiger partial charge in [-0.25, -0.2) is 0 Å². The molecule has 0 radical (unpaired) electrons. The van der Waals surface area contributed by atoms with E-state index in [0.717, 1.165) is 5.46 Å². The van der Waals surface area contributed by atoms with Gasteiger partial charge >= 0.3 is 0 Å². The Labute approximate surface area is 72.9 Å². The second-order valence-electron chi connectivity index (χ2n) is 3.14. The van der Waals surface area contributed by atoms with Crippen LogP contribution in [-0.4, -0.2) is 12.6 Å². The molecule has 0 aliphatic heterocycles. The lowest BCUT2D eigenvalue weighted by Gasteiger charge is -2.02. The number of hydrogen-bond donors (Lipinski definition) is 1. The predicted octanol–water partition coefficient (Wildman–Crippen LogP) is 0.747. The molecule has 62 valence electrons. The molecule has 0 saturated heterocycles. The van der Waals surface area contributed by atoms with Crippen LogP contribution in [0.15, 0.2) is 24.3 Å². The van der Waals surface area contributed by atoms with Gasteiger partial charge < -0.3 is 5.73 Å². The van der Waals surface area contributed by atoms with E-state index in [1.165, 1.54) is 0 Å². The summed E-state index contributed by atoms with van der Waals surface area (Å²) in [7, 11) is 0. The van der Waals surface area contributed by atoms with Crippen molar-refractivity contribution in [3.63, 3.8) is 0 Å². The molecule has 0 bridgehead atoms. The largest absolute Gasteiger partial charge is 0.366 e. The van der Waals surface area contributed by atoms with Gasteiger partial charge in [0.2, 0.25) is 5.91 Å². The molecule has 0 spiro atoms. The van der Waals surface area contributed by atoms with Gasteiger partial charge in [-0.2, -0.15) is 0 Å². The lowest BCUT2D eigenvalue weighted by molar-refractivity contribution is 0.100. The third kappa shape index (κ3) is 1.88. The number of hydrogen-bond acceptors (Lipinski definition) is 1. The molecule has 1 amide bonds. The zero-order valence-corrected chi connectivity index (χ0v) is 7.37. The molecule has 1 aromatic rings. The maximum absolute atomic E-state index is 10.8. The average Bonchev–Trinajstić information content (AvgIpc) is 2.04. The molecule has 0 heterocycles. The Morgan fingerprint density at radius 3 is 2.58 bits per heavy atom. The van der Waals surface area contributed by atoms with Crippen molar-refractivity contribution in [1.29, 1.82) is 0 Å². The van der Waals surface area contributed by atoms with E-state index in [-0.39, 0.29) is 5.91 Å². The zero-order chi connectivity index (χ0) is 9.14. The van der Waals surface area contributed by atoms with Crippen molar-refractivity contribution >= 4 is 18.1 Å². The van der Waals surface area contributed by atoms with E-state index in [2.05, 4.69) is 13.6 Å². The molecule has 2 nitrogen and oxygen atoms in total. The molecule has 0 aliphatic rings. The minimum Gasteiger partial charge on any atom is -0.366 e. The quantitative estimate of drug-likeness (QED) is 0.638. The molecule has 12 heavy (non-hydrogen) atoms. The molecule has 0 fully saturated rings. The monoisotopic (exact) mass is 161 g/mol. The van der Waals surface area contributed by atoms with Gasteiger partial charge in [0.05, 0.1) is 0 Å². The Kier molecular flexibility index (Phi) is 2.53. The van der Waals surface area contributed by atoms with Gasteiger partial charge in [-0.3, -0.25) is 4.79 Å². The summed E-state index contributed by atoms with van der Waals surface area (Å²) in [6.45, 7) is 4.60. The van der Waals surface area contributed by atoms with Crippen LogP contribution in [0.4, 0.5) is 0 Å². The highest BCUT2D eigenvalue weighted by Gasteiger charge is 2.05. The maximum Gasteiger partial charge on any atom is 0.248 e. The van der Waals surface area contributed by atoms with Crippen LogP contribution in [0.5, 0.6) is 0 Å². The van der Waals surface area contributed by atoms with E-state index in [4.69, 9.17) is 5.73 Å².